The average Bonchev–Trinajstić information content (AvgIpc) is 2.50. The maximum absolute atomic E-state index is 12.1. The Bertz CT molecular complexity index is 875. The van der Waals surface area contributed by atoms with E-state index in [2.05, 4.69) is 9.97 Å². The summed E-state index contributed by atoms with van der Waals surface area (Å²) in [5.41, 5.74) is 1.37. The molecule has 0 aliphatic carbocycles. The molecule has 6 heteroatoms. The van der Waals surface area contributed by atoms with E-state index in [1.54, 1.807) is 16.8 Å². The highest BCUT2D eigenvalue weighted by molar-refractivity contribution is 7.84. The molecular formula is C15H13N3O2S. The molecule has 0 saturated heterocycles. The number of nitrogens with zero attached hydrogens (tertiary/aromatic N) is 3. The van der Waals surface area contributed by atoms with Gasteiger partial charge in [0.1, 0.15) is 5.65 Å². The second-order valence-electron chi connectivity index (χ2n) is 4.63. The van der Waals surface area contributed by atoms with E-state index >= 15 is 0 Å². The lowest BCUT2D eigenvalue weighted by atomic mass is 10.2. The molecule has 3 aromatic rings. The number of hydrogen-bond donors (Lipinski definition) is 0. The summed E-state index contributed by atoms with van der Waals surface area (Å²) in [6, 6.07) is 12.9. The lowest BCUT2D eigenvalue weighted by Gasteiger charge is -2.09. The predicted octanol–water partition coefficient (Wildman–Crippen LogP) is 1.58. The fourth-order valence-corrected chi connectivity index (χ4v) is 2.53. The molecule has 1 aromatic carbocycles. The van der Waals surface area contributed by atoms with Crippen molar-refractivity contribution in [3.8, 4) is 0 Å². The molecular weight excluding hydrogens is 286 g/mol. The average molecular weight is 299 g/mol. The summed E-state index contributed by atoms with van der Waals surface area (Å²) in [5, 5.41) is 0.981. The van der Waals surface area contributed by atoms with Gasteiger partial charge in [-0.2, -0.15) is 0 Å². The fourth-order valence-electron chi connectivity index (χ4n) is 2.11. The molecule has 1 unspecified atom stereocenters. The summed E-state index contributed by atoms with van der Waals surface area (Å²) in [6.45, 7) is 0.420. The van der Waals surface area contributed by atoms with Crippen LogP contribution in [0.15, 0.2) is 58.6 Å². The minimum absolute atomic E-state index is 0.141. The summed E-state index contributed by atoms with van der Waals surface area (Å²) in [4.78, 5) is 20.5. The van der Waals surface area contributed by atoms with Crippen molar-refractivity contribution in [2.75, 3.05) is 6.26 Å². The summed E-state index contributed by atoms with van der Waals surface area (Å²) in [5.74, 6) is 0. The van der Waals surface area contributed by atoms with Crippen LogP contribution in [0, 0.1) is 0 Å². The maximum atomic E-state index is 12.1. The van der Waals surface area contributed by atoms with Gasteiger partial charge >= 0.3 is 0 Å². The third-order valence-electron chi connectivity index (χ3n) is 3.14. The quantitative estimate of drug-likeness (QED) is 0.689. The first-order valence-electron chi connectivity index (χ1n) is 6.39. The van der Waals surface area contributed by atoms with Crippen molar-refractivity contribution < 1.29 is 4.21 Å². The Morgan fingerprint density at radius 1 is 1.14 bits per heavy atom. The van der Waals surface area contributed by atoms with Crippen molar-refractivity contribution in [3.05, 3.63) is 64.6 Å². The zero-order valence-electron chi connectivity index (χ0n) is 11.4. The van der Waals surface area contributed by atoms with E-state index < -0.39 is 10.8 Å². The SMILES string of the molecule is CS(=O)c1ncc2ccc(=O)n(Cc3ccccc3)c2n1. The molecule has 3 rings (SSSR count). The van der Waals surface area contributed by atoms with E-state index in [9.17, 15) is 9.00 Å². The molecule has 0 N–H and O–H groups in total. The molecule has 0 amide bonds. The van der Waals surface area contributed by atoms with Crippen molar-refractivity contribution >= 4 is 21.8 Å². The van der Waals surface area contributed by atoms with E-state index in [1.807, 2.05) is 30.3 Å². The lowest BCUT2D eigenvalue weighted by molar-refractivity contribution is 0.679. The topological polar surface area (TPSA) is 64.8 Å². The van der Waals surface area contributed by atoms with Crippen LogP contribution in [-0.4, -0.2) is 25.0 Å². The number of fused-ring (bicyclic) bond motifs is 1. The second kappa shape index (κ2) is 5.57. The van der Waals surface area contributed by atoms with Gasteiger partial charge in [0.25, 0.3) is 5.56 Å². The van der Waals surface area contributed by atoms with Crippen LogP contribution in [0.25, 0.3) is 11.0 Å². The predicted molar refractivity (Wildman–Crippen MR) is 81.7 cm³/mol. The third-order valence-corrected chi connectivity index (χ3v) is 3.85. The largest absolute Gasteiger partial charge is 0.288 e. The van der Waals surface area contributed by atoms with Crippen molar-refractivity contribution in [1.82, 2.24) is 14.5 Å². The van der Waals surface area contributed by atoms with E-state index in [-0.39, 0.29) is 10.7 Å². The summed E-state index contributed by atoms with van der Waals surface area (Å²) >= 11 is 0. The lowest BCUT2D eigenvalue weighted by Crippen LogP contribution is -2.21. The van der Waals surface area contributed by atoms with Gasteiger partial charge in [-0.1, -0.05) is 30.3 Å². The Balaban J connectivity index is 2.20. The van der Waals surface area contributed by atoms with Gasteiger partial charge in [-0.05, 0) is 11.6 Å². The van der Waals surface area contributed by atoms with Crippen molar-refractivity contribution in [2.45, 2.75) is 11.7 Å². The van der Waals surface area contributed by atoms with Crippen LogP contribution in [0.1, 0.15) is 5.56 Å². The van der Waals surface area contributed by atoms with Crippen molar-refractivity contribution in [1.29, 1.82) is 0 Å². The zero-order chi connectivity index (χ0) is 14.8. The van der Waals surface area contributed by atoms with E-state index in [4.69, 9.17) is 0 Å². The van der Waals surface area contributed by atoms with Crippen LogP contribution < -0.4 is 5.56 Å². The standard InChI is InChI=1S/C15H13N3O2S/c1-21(20)15-16-9-12-7-8-13(19)18(14(12)17-15)10-11-5-3-2-4-6-11/h2-9H,10H2,1H3. The number of pyridine rings is 1. The zero-order valence-corrected chi connectivity index (χ0v) is 12.2. The van der Waals surface area contributed by atoms with Crippen LogP contribution in [0.4, 0.5) is 0 Å². The summed E-state index contributed by atoms with van der Waals surface area (Å²) in [7, 11) is -1.28. The van der Waals surface area contributed by atoms with Gasteiger partial charge in [-0.25, -0.2) is 9.97 Å². The number of hydrogen-bond acceptors (Lipinski definition) is 4. The molecule has 106 valence electrons. The molecule has 2 heterocycles. The van der Waals surface area contributed by atoms with Crippen LogP contribution in [0.5, 0.6) is 0 Å². The second-order valence-corrected chi connectivity index (χ2v) is 5.90. The normalized spacial score (nSPS) is 12.4. The summed E-state index contributed by atoms with van der Waals surface area (Å²) in [6.07, 6.45) is 3.11. The third kappa shape index (κ3) is 2.75. The van der Waals surface area contributed by atoms with Crippen molar-refractivity contribution in [3.63, 3.8) is 0 Å². The van der Waals surface area contributed by atoms with Crippen LogP contribution in [-0.2, 0) is 17.3 Å². The monoisotopic (exact) mass is 299 g/mol. The maximum Gasteiger partial charge on any atom is 0.252 e. The summed E-state index contributed by atoms with van der Waals surface area (Å²) < 4.78 is 13.1. The van der Waals surface area contributed by atoms with E-state index in [1.165, 1.54) is 12.3 Å². The van der Waals surface area contributed by atoms with Crippen LogP contribution in [0.3, 0.4) is 0 Å². The molecule has 0 radical (unpaired) electrons. The van der Waals surface area contributed by atoms with Gasteiger partial charge in [0.15, 0.2) is 0 Å². The van der Waals surface area contributed by atoms with Gasteiger partial charge in [0, 0.05) is 23.9 Å². The number of rotatable bonds is 3. The Morgan fingerprint density at radius 3 is 2.62 bits per heavy atom. The number of benzene rings is 1. The van der Waals surface area contributed by atoms with Gasteiger partial charge in [-0.3, -0.25) is 13.6 Å². The Labute approximate surface area is 123 Å². The fraction of sp³-hybridized carbons (Fsp3) is 0.133. The first-order valence-corrected chi connectivity index (χ1v) is 7.95. The first-order chi connectivity index (χ1) is 10.1. The molecule has 0 bridgehead atoms. The Hall–Kier alpha value is -2.34. The molecule has 0 saturated carbocycles. The highest BCUT2D eigenvalue weighted by atomic mass is 32.2. The van der Waals surface area contributed by atoms with Gasteiger partial charge < -0.3 is 0 Å². The van der Waals surface area contributed by atoms with Crippen molar-refractivity contribution in [2.24, 2.45) is 0 Å². The number of aromatic nitrogens is 3. The minimum Gasteiger partial charge on any atom is -0.288 e. The van der Waals surface area contributed by atoms with E-state index in [0.717, 1.165) is 10.9 Å². The van der Waals surface area contributed by atoms with Gasteiger partial charge in [-0.15, -0.1) is 0 Å². The van der Waals surface area contributed by atoms with E-state index in [0.29, 0.717) is 12.2 Å². The molecule has 5 nitrogen and oxygen atoms in total. The molecule has 21 heavy (non-hydrogen) atoms. The smallest absolute Gasteiger partial charge is 0.252 e. The Kier molecular flexibility index (Phi) is 3.62. The van der Waals surface area contributed by atoms with Gasteiger partial charge in [0.05, 0.1) is 17.3 Å². The molecule has 0 aliphatic rings. The molecule has 2 aromatic heterocycles. The molecule has 0 spiro atoms. The highest BCUT2D eigenvalue weighted by Gasteiger charge is 2.09. The Morgan fingerprint density at radius 2 is 1.90 bits per heavy atom. The molecule has 1 atom stereocenters. The molecule has 0 aliphatic heterocycles. The molecule has 0 fully saturated rings. The van der Waals surface area contributed by atoms with Gasteiger partial charge in [0.2, 0.25) is 5.16 Å². The van der Waals surface area contributed by atoms with Crippen LogP contribution >= 0.6 is 0 Å². The minimum atomic E-state index is -1.28. The first kappa shape index (κ1) is 13.6. The van der Waals surface area contributed by atoms with Crippen LogP contribution in [0.2, 0.25) is 0 Å². The highest BCUT2D eigenvalue weighted by Crippen LogP contribution is 2.11.